The Bertz CT molecular complexity index is 2000. The topological polar surface area (TPSA) is 92.6 Å². The molecule has 1 aromatic heterocycles. The van der Waals surface area contributed by atoms with Crippen molar-refractivity contribution < 1.29 is 23.8 Å². The van der Waals surface area contributed by atoms with E-state index in [0.29, 0.717) is 39.1 Å². The molecule has 0 saturated carbocycles. The number of nitrogens with zero attached hydrogens (tertiary/aromatic N) is 3. The van der Waals surface area contributed by atoms with Crippen molar-refractivity contribution in [1.29, 1.82) is 0 Å². The highest BCUT2D eigenvalue weighted by atomic mass is 32.2. The smallest absolute Gasteiger partial charge is 0.301 e. The van der Waals surface area contributed by atoms with Crippen LogP contribution in [0.3, 0.4) is 0 Å². The van der Waals surface area contributed by atoms with Crippen LogP contribution in [0.1, 0.15) is 60.2 Å². The lowest BCUT2D eigenvalue weighted by molar-refractivity contribution is -0.132. The third-order valence-electron chi connectivity index (χ3n) is 8.06. The Kier molecular flexibility index (Phi) is 9.48. The summed E-state index contributed by atoms with van der Waals surface area (Å²) >= 11 is 2.42. The number of thioether (sulfide) groups is 1. The summed E-state index contributed by atoms with van der Waals surface area (Å²) in [5.41, 5.74) is 4.60. The number of carbonyl (C=O) groups excluding carboxylic acids is 2. The largest absolute Gasteiger partial charge is 0.507 e. The molecule has 6 rings (SSSR count). The molecule has 0 radical (unpaired) electrons. The Morgan fingerprint density at radius 3 is 2.38 bits per heavy atom. The maximum Gasteiger partial charge on any atom is 0.301 e. The molecule has 1 fully saturated rings. The van der Waals surface area contributed by atoms with Crippen LogP contribution in [0.5, 0.6) is 5.75 Å². The van der Waals surface area contributed by atoms with Crippen molar-refractivity contribution >= 4 is 45.7 Å². The fourth-order valence-corrected chi connectivity index (χ4v) is 7.31. The van der Waals surface area contributed by atoms with E-state index < -0.39 is 17.7 Å². The zero-order chi connectivity index (χ0) is 34.0. The van der Waals surface area contributed by atoms with Gasteiger partial charge in [0.05, 0.1) is 11.6 Å². The molecule has 4 aromatic carbocycles. The number of hydrogen-bond acceptors (Lipinski definition) is 8. The number of benzene rings is 4. The first-order valence-electron chi connectivity index (χ1n) is 15.4. The molecule has 2 heterocycles. The van der Waals surface area contributed by atoms with Crippen LogP contribution in [-0.2, 0) is 27.4 Å². The number of halogens is 1. The fraction of sp³-hybridized carbons (Fsp3) is 0.211. The molecule has 0 aliphatic carbocycles. The van der Waals surface area contributed by atoms with Crippen LogP contribution < -0.4 is 9.64 Å². The molecule has 5 aromatic rings. The lowest BCUT2D eigenvalue weighted by Gasteiger charge is -2.24. The maximum absolute atomic E-state index is 14.2. The van der Waals surface area contributed by atoms with Gasteiger partial charge in [0.25, 0.3) is 5.78 Å². The number of aromatic nitrogens is 2. The van der Waals surface area contributed by atoms with E-state index in [0.717, 1.165) is 28.0 Å². The molecular formula is C38H34FN3O4S2. The molecule has 7 nitrogen and oxygen atoms in total. The van der Waals surface area contributed by atoms with Crippen molar-refractivity contribution in [3.63, 3.8) is 0 Å². The highest BCUT2D eigenvalue weighted by Crippen LogP contribution is 2.44. The molecular weight excluding hydrogens is 646 g/mol. The molecule has 0 spiro atoms. The van der Waals surface area contributed by atoms with Gasteiger partial charge >= 0.3 is 5.91 Å². The van der Waals surface area contributed by atoms with Gasteiger partial charge in [-0.05, 0) is 64.9 Å². The number of aryl methyl sites for hydroxylation is 1. The van der Waals surface area contributed by atoms with Crippen molar-refractivity contribution in [2.45, 2.75) is 55.9 Å². The zero-order valence-corrected chi connectivity index (χ0v) is 28.6. The van der Waals surface area contributed by atoms with Gasteiger partial charge in [0, 0.05) is 11.3 Å². The Labute approximate surface area is 287 Å². The number of hydrogen-bond donors (Lipinski definition) is 1. The van der Waals surface area contributed by atoms with E-state index in [1.807, 2.05) is 49.4 Å². The third kappa shape index (κ3) is 7.05. The monoisotopic (exact) mass is 679 g/mol. The maximum atomic E-state index is 14.2. The van der Waals surface area contributed by atoms with Gasteiger partial charge in [0.2, 0.25) is 5.13 Å². The summed E-state index contributed by atoms with van der Waals surface area (Å²) in [7, 11) is 0. The summed E-state index contributed by atoms with van der Waals surface area (Å²) in [4.78, 5) is 28.7. The molecule has 1 aliphatic heterocycles. The second kappa shape index (κ2) is 13.7. The van der Waals surface area contributed by atoms with Gasteiger partial charge in [-0.1, -0.05) is 116 Å². The number of ether oxygens (including phenoxy) is 1. The summed E-state index contributed by atoms with van der Waals surface area (Å²) in [6.45, 7) is 8.71. The van der Waals surface area contributed by atoms with Gasteiger partial charge < -0.3 is 9.84 Å². The SMILES string of the molecule is Cc1cccc(COc2ccc(/C(O)=C3\C(=O)C(=O)N(c4nnc(SCc5ccccc5F)s4)C3c3ccc(C(C)(C)C)cc3)cc2)c1. The molecule has 1 unspecified atom stereocenters. The van der Waals surface area contributed by atoms with Crippen LogP contribution in [0.15, 0.2) is 107 Å². The fourth-order valence-electron chi connectivity index (χ4n) is 5.46. The van der Waals surface area contributed by atoms with Crippen molar-refractivity contribution in [1.82, 2.24) is 10.2 Å². The molecule has 48 heavy (non-hydrogen) atoms. The first-order chi connectivity index (χ1) is 23.0. The summed E-state index contributed by atoms with van der Waals surface area (Å²) in [5.74, 6) is -1.34. The Hall–Kier alpha value is -4.80. The molecule has 0 bridgehead atoms. The summed E-state index contributed by atoms with van der Waals surface area (Å²) in [6.07, 6.45) is 0. The molecule has 1 aliphatic rings. The summed E-state index contributed by atoms with van der Waals surface area (Å²) in [5, 5.41) is 20.3. The van der Waals surface area contributed by atoms with Crippen molar-refractivity contribution in [2.75, 3.05) is 4.90 Å². The number of amides is 1. The molecule has 1 amide bonds. The Morgan fingerprint density at radius 2 is 1.69 bits per heavy atom. The van der Waals surface area contributed by atoms with E-state index >= 15 is 0 Å². The highest BCUT2D eigenvalue weighted by Gasteiger charge is 2.48. The average molecular weight is 680 g/mol. The van der Waals surface area contributed by atoms with Crippen molar-refractivity contribution in [3.05, 3.63) is 142 Å². The van der Waals surface area contributed by atoms with Crippen molar-refractivity contribution in [3.8, 4) is 5.75 Å². The zero-order valence-electron chi connectivity index (χ0n) is 26.9. The predicted octanol–water partition coefficient (Wildman–Crippen LogP) is 8.78. The minimum absolute atomic E-state index is 0.0484. The highest BCUT2D eigenvalue weighted by molar-refractivity contribution is 8.00. The standard InChI is InChI=1S/C38H34FN3O4S2/c1-23-8-7-9-24(20-23)21-46-29-18-14-26(15-19-29)33(43)31-32(25-12-16-28(17-13-25)38(2,3)4)42(35(45)34(31)44)36-40-41-37(48-36)47-22-27-10-5-6-11-30(27)39/h5-20,32,43H,21-22H2,1-4H3/b33-31+. The predicted molar refractivity (Wildman–Crippen MR) is 188 cm³/mol. The third-order valence-corrected chi connectivity index (χ3v) is 10.2. The van der Waals surface area contributed by atoms with Gasteiger partial charge in [-0.15, -0.1) is 10.2 Å². The quantitative estimate of drug-likeness (QED) is 0.0547. The van der Waals surface area contributed by atoms with Crippen LogP contribution >= 0.6 is 23.1 Å². The molecule has 1 saturated heterocycles. The number of anilines is 1. The minimum atomic E-state index is -0.950. The van der Waals surface area contributed by atoms with E-state index in [9.17, 15) is 19.1 Å². The number of aliphatic hydroxyl groups is 1. The molecule has 1 atom stereocenters. The molecule has 244 valence electrons. The van der Waals surface area contributed by atoms with Gasteiger partial charge in [-0.2, -0.15) is 0 Å². The van der Waals surface area contributed by atoms with E-state index in [2.05, 4.69) is 37.0 Å². The first kappa shape index (κ1) is 33.1. The number of rotatable bonds is 9. The van der Waals surface area contributed by atoms with Crippen molar-refractivity contribution in [2.24, 2.45) is 0 Å². The molecule has 1 N–H and O–H groups in total. The van der Waals surface area contributed by atoms with Crippen LogP contribution in [0.25, 0.3) is 5.76 Å². The van der Waals surface area contributed by atoms with Gasteiger partial charge in [-0.25, -0.2) is 4.39 Å². The van der Waals surface area contributed by atoms with E-state index in [4.69, 9.17) is 4.74 Å². The van der Waals surface area contributed by atoms with E-state index in [-0.39, 0.29) is 27.7 Å². The average Bonchev–Trinajstić information content (AvgIpc) is 3.64. The van der Waals surface area contributed by atoms with Crippen LogP contribution in [0, 0.1) is 12.7 Å². The minimum Gasteiger partial charge on any atom is -0.507 e. The number of ketones is 1. The number of carbonyl (C=O) groups is 2. The lowest BCUT2D eigenvalue weighted by Crippen LogP contribution is -2.29. The second-order valence-electron chi connectivity index (χ2n) is 12.6. The lowest BCUT2D eigenvalue weighted by atomic mass is 9.85. The van der Waals surface area contributed by atoms with E-state index in [1.54, 1.807) is 42.5 Å². The Morgan fingerprint density at radius 1 is 0.958 bits per heavy atom. The first-order valence-corrected chi connectivity index (χ1v) is 17.2. The van der Waals surface area contributed by atoms with Crippen LogP contribution in [0.4, 0.5) is 9.52 Å². The van der Waals surface area contributed by atoms with Gasteiger partial charge in [-0.3, -0.25) is 14.5 Å². The van der Waals surface area contributed by atoms with Crippen LogP contribution in [-0.4, -0.2) is 27.0 Å². The van der Waals surface area contributed by atoms with Crippen LogP contribution in [0.2, 0.25) is 0 Å². The summed E-state index contributed by atoms with van der Waals surface area (Å²) in [6, 6.07) is 28.0. The normalized spacial score (nSPS) is 16.0. The number of Topliss-reactive ketones (excluding diaryl/α,β-unsaturated/α-hetero) is 1. The van der Waals surface area contributed by atoms with Gasteiger partial charge in [0.15, 0.2) is 4.34 Å². The Balaban J connectivity index is 1.33. The summed E-state index contributed by atoms with van der Waals surface area (Å²) < 4.78 is 20.7. The van der Waals surface area contributed by atoms with E-state index in [1.165, 1.54) is 22.7 Å². The number of aliphatic hydroxyl groups excluding tert-OH is 1. The molecule has 10 heteroatoms. The second-order valence-corrected chi connectivity index (χ2v) is 14.8. The van der Waals surface area contributed by atoms with Gasteiger partial charge in [0.1, 0.15) is 23.9 Å².